The van der Waals surface area contributed by atoms with E-state index >= 15 is 0 Å². The van der Waals surface area contributed by atoms with Crippen LogP contribution >= 0.6 is 0 Å². The number of hydrogen-bond acceptors (Lipinski definition) is 4. The van der Waals surface area contributed by atoms with Crippen molar-refractivity contribution >= 4 is 28.1 Å². The first-order valence-electron chi connectivity index (χ1n) is 8.78. The molecule has 3 heterocycles. The van der Waals surface area contributed by atoms with Crippen molar-refractivity contribution in [3.05, 3.63) is 54.1 Å². The van der Waals surface area contributed by atoms with E-state index in [0.717, 1.165) is 29.5 Å². The molecule has 0 atom stereocenters. The Balaban J connectivity index is 1.68. The van der Waals surface area contributed by atoms with E-state index in [0.29, 0.717) is 11.3 Å². The van der Waals surface area contributed by atoms with Crippen molar-refractivity contribution in [2.75, 3.05) is 23.3 Å². The van der Waals surface area contributed by atoms with Gasteiger partial charge in [0.25, 0.3) is 5.91 Å². The molecule has 2 N–H and O–H groups in total. The summed E-state index contributed by atoms with van der Waals surface area (Å²) in [7, 11) is 0. The molecule has 0 spiro atoms. The number of fused-ring (bicyclic) bond motifs is 1. The number of nitrogens with one attached hydrogen (secondary N) is 2. The van der Waals surface area contributed by atoms with Gasteiger partial charge in [0.1, 0.15) is 11.8 Å². The Labute approximate surface area is 151 Å². The number of piperidine rings is 1. The second-order valence-corrected chi connectivity index (χ2v) is 6.47. The fraction of sp³-hybridized carbons (Fsp3) is 0.250. The molecule has 2 aromatic heterocycles. The van der Waals surface area contributed by atoms with Gasteiger partial charge in [-0.15, -0.1) is 0 Å². The molecular weight excluding hydrogens is 326 g/mol. The predicted octanol–water partition coefficient (Wildman–Crippen LogP) is 3.68. The minimum atomic E-state index is -0.251. The number of carbonyl (C=O) groups excluding carboxylic acids is 1. The maximum Gasteiger partial charge on any atom is 0.257 e. The van der Waals surface area contributed by atoms with Crippen LogP contribution in [-0.2, 0) is 0 Å². The maximum atomic E-state index is 12.5. The number of benzene rings is 1. The van der Waals surface area contributed by atoms with E-state index in [-0.39, 0.29) is 5.91 Å². The number of pyridine rings is 1. The van der Waals surface area contributed by atoms with Crippen LogP contribution in [-0.4, -0.2) is 29.0 Å². The lowest BCUT2D eigenvalue weighted by molar-refractivity contribution is 0.102. The van der Waals surface area contributed by atoms with Crippen LogP contribution in [0.5, 0.6) is 0 Å². The fourth-order valence-corrected chi connectivity index (χ4v) is 3.48. The first kappa shape index (κ1) is 16.2. The molecule has 1 aliphatic heterocycles. The average molecular weight is 345 g/mol. The molecule has 130 valence electrons. The van der Waals surface area contributed by atoms with Crippen molar-refractivity contribution in [2.45, 2.75) is 19.3 Å². The summed E-state index contributed by atoms with van der Waals surface area (Å²) >= 11 is 0. The number of nitriles is 1. The number of aromatic nitrogens is 2. The number of aromatic amines is 1. The highest BCUT2D eigenvalue weighted by Gasteiger charge is 2.16. The number of amides is 1. The highest BCUT2D eigenvalue weighted by Crippen LogP contribution is 2.33. The Morgan fingerprint density at radius 2 is 2.04 bits per heavy atom. The zero-order valence-corrected chi connectivity index (χ0v) is 14.3. The third-order valence-corrected chi connectivity index (χ3v) is 4.81. The van der Waals surface area contributed by atoms with Crippen LogP contribution in [0.4, 0.5) is 11.4 Å². The molecule has 0 bridgehead atoms. The monoisotopic (exact) mass is 345 g/mol. The van der Waals surface area contributed by atoms with Crippen molar-refractivity contribution in [1.82, 2.24) is 9.97 Å². The van der Waals surface area contributed by atoms with Crippen molar-refractivity contribution in [1.29, 1.82) is 5.26 Å². The molecule has 1 saturated heterocycles. The van der Waals surface area contributed by atoms with E-state index in [1.165, 1.54) is 37.2 Å². The van der Waals surface area contributed by atoms with Crippen LogP contribution in [0.25, 0.3) is 10.8 Å². The third-order valence-electron chi connectivity index (χ3n) is 4.81. The largest absolute Gasteiger partial charge is 0.371 e. The number of H-pyrrole nitrogens is 1. The average Bonchev–Trinajstić information content (AvgIpc) is 3.18. The molecular formula is C20H19N5O. The number of hydrogen-bond donors (Lipinski definition) is 2. The Morgan fingerprint density at radius 1 is 1.19 bits per heavy atom. The molecule has 0 saturated carbocycles. The Morgan fingerprint density at radius 3 is 2.81 bits per heavy atom. The number of anilines is 2. The van der Waals surface area contributed by atoms with Crippen LogP contribution in [0.15, 0.2) is 42.9 Å². The fourth-order valence-electron chi connectivity index (χ4n) is 3.48. The van der Waals surface area contributed by atoms with Crippen molar-refractivity contribution < 1.29 is 4.79 Å². The lowest BCUT2D eigenvalue weighted by atomic mass is 10.0. The summed E-state index contributed by atoms with van der Waals surface area (Å²) in [5, 5.41) is 13.8. The quantitative estimate of drug-likeness (QED) is 0.758. The van der Waals surface area contributed by atoms with Gasteiger partial charge in [-0.25, -0.2) is 0 Å². The molecule has 0 aliphatic carbocycles. The lowest BCUT2D eigenvalue weighted by Crippen LogP contribution is -2.29. The summed E-state index contributed by atoms with van der Waals surface area (Å²) in [5.41, 5.74) is 2.70. The third kappa shape index (κ3) is 3.00. The standard InChI is InChI=1S/C20H19N5O/c21-11-15-10-14(12-23-15)20(26)24-18-4-5-19(25-8-2-1-3-9-25)16-6-7-22-13-17(16)18/h4-7,10,12-13,23H,1-3,8-9H2,(H,24,26). The number of carbonyl (C=O) groups is 1. The van der Waals surface area contributed by atoms with Gasteiger partial charge < -0.3 is 15.2 Å². The van der Waals surface area contributed by atoms with Crippen LogP contribution in [0.2, 0.25) is 0 Å². The molecule has 1 aliphatic rings. The molecule has 3 aromatic rings. The Bertz CT molecular complexity index is 995. The zero-order valence-electron chi connectivity index (χ0n) is 14.3. The highest BCUT2D eigenvalue weighted by molar-refractivity contribution is 6.11. The first-order valence-corrected chi connectivity index (χ1v) is 8.78. The maximum absolute atomic E-state index is 12.5. The van der Waals surface area contributed by atoms with Crippen molar-refractivity contribution in [2.24, 2.45) is 0 Å². The topological polar surface area (TPSA) is 84.8 Å². The van der Waals surface area contributed by atoms with E-state index in [4.69, 9.17) is 5.26 Å². The Hall–Kier alpha value is -3.33. The molecule has 1 fully saturated rings. The lowest BCUT2D eigenvalue weighted by Gasteiger charge is -2.30. The predicted molar refractivity (Wildman–Crippen MR) is 101 cm³/mol. The van der Waals surface area contributed by atoms with E-state index in [1.807, 2.05) is 18.2 Å². The highest BCUT2D eigenvalue weighted by atomic mass is 16.1. The van der Waals surface area contributed by atoms with Crippen molar-refractivity contribution in [3.63, 3.8) is 0 Å². The van der Waals surface area contributed by atoms with Crippen LogP contribution in [0.1, 0.15) is 35.3 Å². The van der Waals surface area contributed by atoms with Gasteiger partial charge in [0, 0.05) is 48.1 Å². The molecule has 1 aromatic carbocycles. The van der Waals surface area contributed by atoms with Crippen LogP contribution < -0.4 is 10.2 Å². The summed E-state index contributed by atoms with van der Waals surface area (Å²) in [4.78, 5) is 21.9. The SMILES string of the molecule is N#Cc1cc(C(=O)Nc2ccc(N3CCCCC3)c3ccncc23)c[nH]1. The van der Waals surface area contributed by atoms with Gasteiger partial charge >= 0.3 is 0 Å². The summed E-state index contributed by atoms with van der Waals surface area (Å²) in [6.07, 6.45) is 8.81. The zero-order chi connectivity index (χ0) is 17.9. The number of nitrogens with zero attached hydrogens (tertiary/aromatic N) is 3. The normalized spacial score (nSPS) is 14.2. The van der Waals surface area contributed by atoms with E-state index in [9.17, 15) is 4.79 Å². The van der Waals surface area contributed by atoms with E-state index in [1.54, 1.807) is 12.4 Å². The first-order chi connectivity index (χ1) is 12.8. The number of rotatable bonds is 3. The van der Waals surface area contributed by atoms with Gasteiger partial charge in [-0.3, -0.25) is 9.78 Å². The minimum absolute atomic E-state index is 0.251. The molecule has 4 rings (SSSR count). The molecule has 1 amide bonds. The van der Waals surface area contributed by atoms with Gasteiger partial charge in [-0.2, -0.15) is 5.26 Å². The van der Waals surface area contributed by atoms with Gasteiger partial charge in [-0.05, 0) is 43.5 Å². The molecule has 0 unspecified atom stereocenters. The molecule has 0 radical (unpaired) electrons. The van der Waals surface area contributed by atoms with Gasteiger partial charge in [0.15, 0.2) is 0 Å². The second-order valence-electron chi connectivity index (χ2n) is 6.47. The summed E-state index contributed by atoms with van der Waals surface area (Å²) in [6, 6.07) is 9.53. The molecule has 6 heteroatoms. The van der Waals surface area contributed by atoms with Gasteiger partial charge in [0.05, 0.1) is 11.3 Å². The summed E-state index contributed by atoms with van der Waals surface area (Å²) in [5.74, 6) is -0.251. The van der Waals surface area contributed by atoms with Gasteiger partial charge in [-0.1, -0.05) is 0 Å². The minimum Gasteiger partial charge on any atom is -0.371 e. The van der Waals surface area contributed by atoms with Gasteiger partial charge in [0.2, 0.25) is 0 Å². The summed E-state index contributed by atoms with van der Waals surface area (Å²) < 4.78 is 0. The summed E-state index contributed by atoms with van der Waals surface area (Å²) in [6.45, 7) is 2.12. The second kappa shape index (κ2) is 6.89. The molecule has 6 nitrogen and oxygen atoms in total. The smallest absolute Gasteiger partial charge is 0.257 e. The van der Waals surface area contributed by atoms with E-state index < -0.39 is 0 Å². The van der Waals surface area contributed by atoms with Crippen LogP contribution in [0.3, 0.4) is 0 Å². The Kier molecular flexibility index (Phi) is 4.28. The van der Waals surface area contributed by atoms with Crippen molar-refractivity contribution in [3.8, 4) is 6.07 Å². The van der Waals surface area contributed by atoms with E-state index in [2.05, 4.69) is 26.3 Å². The molecule has 26 heavy (non-hydrogen) atoms. The van der Waals surface area contributed by atoms with Crippen LogP contribution in [0, 0.1) is 11.3 Å².